The summed E-state index contributed by atoms with van der Waals surface area (Å²) in [5.41, 5.74) is 2.58. The Hall–Kier alpha value is -1.58. The van der Waals surface area contributed by atoms with Crippen LogP contribution in [0.15, 0.2) is 18.3 Å². The van der Waals surface area contributed by atoms with E-state index in [9.17, 15) is 0 Å². The Morgan fingerprint density at radius 1 is 1.56 bits per heavy atom. The van der Waals surface area contributed by atoms with Gasteiger partial charge in [0.2, 0.25) is 0 Å². The van der Waals surface area contributed by atoms with Crippen LogP contribution in [0.4, 0.5) is 4.79 Å². The van der Waals surface area contributed by atoms with Gasteiger partial charge in [0.1, 0.15) is 0 Å². The van der Waals surface area contributed by atoms with Crippen molar-refractivity contribution in [1.82, 2.24) is 4.98 Å². The van der Waals surface area contributed by atoms with Gasteiger partial charge in [-0.15, -0.1) is 0 Å². The van der Waals surface area contributed by atoms with E-state index in [4.69, 9.17) is 9.90 Å². The maximum Gasteiger partial charge on any atom is 0.505 e. The number of hydrogen-bond acceptors (Lipinski definition) is 3. The number of methoxy groups -OCH3 is 1. The van der Waals surface area contributed by atoms with Crippen LogP contribution in [-0.2, 0) is 11.2 Å². The van der Waals surface area contributed by atoms with Crippen LogP contribution in [0.2, 0.25) is 0 Å². The first-order valence-electron chi connectivity index (χ1n) is 5.29. The molecule has 0 aliphatic rings. The van der Waals surface area contributed by atoms with E-state index in [1.165, 1.54) is 24.1 Å². The normalized spacial score (nSPS) is 8.94. The molecule has 0 aromatic carbocycles. The van der Waals surface area contributed by atoms with Gasteiger partial charge in [0.25, 0.3) is 0 Å². The van der Waals surface area contributed by atoms with E-state index in [-0.39, 0.29) is 0 Å². The molecule has 4 nitrogen and oxygen atoms in total. The van der Waals surface area contributed by atoms with Crippen molar-refractivity contribution in [1.29, 1.82) is 0 Å². The van der Waals surface area contributed by atoms with Gasteiger partial charge >= 0.3 is 6.16 Å². The second-order valence-corrected chi connectivity index (χ2v) is 3.34. The maximum atomic E-state index is 9.15. The minimum Gasteiger partial charge on any atom is -0.450 e. The molecule has 0 radical (unpaired) electrons. The molecule has 0 unspecified atom stereocenters. The van der Waals surface area contributed by atoms with Gasteiger partial charge in [0.15, 0.2) is 0 Å². The number of aryl methyl sites for hydroxylation is 2. The van der Waals surface area contributed by atoms with Crippen molar-refractivity contribution in [3.63, 3.8) is 0 Å². The highest BCUT2D eigenvalue weighted by atomic mass is 16.6. The molecule has 90 valence electrons. The van der Waals surface area contributed by atoms with Crippen LogP contribution in [0, 0.1) is 6.92 Å². The maximum absolute atomic E-state index is 9.15. The molecule has 0 amide bonds. The van der Waals surface area contributed by atoms with Crippen molar-refractivity contribution >= 4 is 6.16 Å². The average Bonchev–Trinajstić information content (AvgIpc) is 2.29. The first-order chi connectivity index (χ1) is 7.61. The third-order valence-electron chi connectivity index (χ3n) is 2.06. The van der Waals surface area contributed by atoms with E-state index >= 15 is 0 Å². The first-order valence-corrected chi connectivity index (χ1v) is 5.29. The third kappa shape index (κ3) is 6.81. The third-order valence-corrected chi connectivity index (χ3v) is 2.06. The molecule has 0 spiro atoms. The summed E-state index contributed by atoms with van der Waals surface area (Å²) in [4.78, 5) is 13.5. The molecular formula is C12H19NO3. The zero-order valence-corrected chi connectivity index (χ0v) is 10.1. The molecule has 0 atom stereocenters. The van der Waals surface area contributed by atoms with E-state index in [0.29, 0.717) is 0 Å². The van der Waals surface area contributed by atoms with Gasteiger partial charge in [-0.1, -0.05) is 19.4 Å². The summed E-state index contributed by atoms with van der Waals surface area (Å²) in [5, 5.41) is 7.50. The largest absolute Gasteiger partial charge is 0.505 e. The van der Waals surface area contributed by atoms with Crippen molar-refractivity contribution < 1.29 is 14.6 Å². The molecule has 0 bridgehead atoms. The number of rotatable bonds is 3. The van der Waals surface area contributed by atoms with Gasteiger partial charge in [0, 0.05) is 11.9 Å². The Morgan fingerprint density at radius 3 is 2.62 bits per heavy atom. The molecule has 0 aliphatic heterocycles. The SMILES string of the molecule is CCCCc1ncccc1C.COC(=O)O. The number of pyridine rings is 1. The van der Waals surface area contributed by atoms with E-state index in [2.05, 4.69) is 29.6 Å². The van der Waals surface area contributed by atoms with Crippen LogP contribution >= 0.6 is 0 Å². The fourth-order valence-corrected chi connectivity index (χ4v) is 1.12. The van der Waals surface area contributed by atoms with Crippen LogP contribution < -0.4 is 0 Å². The Kier molecular flexibility index (Phi) is 7.85. The quantitative estimate of drug-likeness (QED) is 0.803. The highest BCUT2D eigenvalue weighted by Gasteiger charge is 1.95. The molecule has 1 rings (SSSR count). The fourth-order valence-electron chi connectivity index (χ4n) is 1.12. The minimum atomic E-state index is -1.25. The number of hydrogen-bond donors (Lipinski definition) is 1. The summed E-state index contributed by atoms with van der Waals surface area (Å²) in [5.74, 6) is 0. The van der Waals surface area contributed by atoms with Gasteiger partial charge in [-0.2, -0.15) is 0 Å². The van der Waals surface area contributed by atoms with Gasteiger partial charge in [-0.25, -0.2) is 4.79 Å². The number of unbranched alkanes of at least 4 members (excludes halogenated alkanes) is 1. The first kappa shape index (κ1) is 14.4. The Labute approximate surface area is 96.3 Å². The minimum absolute atomic E-state index is 1.10. The van der Waals surface area contributed by atoms with Crippen LogP contribution in [0.1, 0.15) is 31.0 Å². The smallest absolute Gasteiger partial charge is 0.450 e. The summed E-state index contributed by atoms with van der Waals surface area (Å²) >= 11 is 0. The topological polar surface area (TPSA) is 59.4 Å². The second-order valence-electron chi connectivity index (χ2n) is 3.34. The van der Waals surface area contributed by atoms with Crippen molar-refractivity contribution in [3.05, 3.63) is 29.6 Å². The summed E-state index contributed by atoms with van der Waals surface area (Å²) in [6, 6.07) is 4.11. The molecule has 1 aromatic heterocycles. The van der Waals surface area contributed by atoms with Crippen molar-refractivity contribution in [3.8, 4) is 0 Å². The number of ether oxygens (including phenoxy) is 1. The van der Waals surface area contributed by atoms with E-state index in [1.807, 2.05) is 12.3 Å². The Morgan fingerprint density at radius 2 is 2.19 bits per heavy atom. The lowest BCUT2D eigenvalue weighted by Crippen LogP contribution is -1.92. The molecule has 1 heterocycles. The van der Waals surface area contributed by atoms with Gasteiger partial charge in [-0.05, 0) is 31.4 Å². The molecule has 1 aromatic rings. The monoisotopic (exact) mass is 225 g/mol. The molecule has 16 heavy (non-hydrogen) atoms. The molecular weight excluding hydrogens is 206 g/mol. The predicted molar refractivity (Wildman–Crippen MR) is 62.6 cm³/mol. The predicted octanol–water partition coefficient (Wildman–Crippen LogP) is 3.04. The zero-order valence-electron chi connectivity index (χ0n) is 10.1. The van der Waals surface area contributed by atoms with Gasteiger partial charge < -0.3 is 9.84 Å². The number of nitrogens with zero attached hydrogens (tertiary/aromatic N) is 1. The van der Waals surface area contributed by atoms with E-state index in [0.717, 1.165) is 13.5 Å². The average molecular weight is 225 g/mol. The second kappa shape index (κ2) is 8.71. The molecule has 1 N–H and O–H groups in total. The van der Waals surface area contributed by atoms with Crippen molar-refractivity contribution in [2.45, 2.75) is 33.1 Å². The summed E-state index contributed by atoms with van der Waals surface area (Å²) in [6.07, 6.45) is 4.25. The Balaban J connectivity index is 0.000000385. The molecule has 0 saturated carbocycles. The molecule has 0 saturated heterocycles. The number of carboxylic acid groups (broad SMARTS) is 1. The standard InChI is InChI=1S/C10H15N.C2H4O3/c1-3-4-7-10-9(2)6-5-8-11-10;1-5-2(3)4/h5-6,8H,3-4,7H2,1-2H3;1H3,(H,3,4). The van der Waals surface area contributed by atoms with E-state index in [1.54, 1.807) is 0 Å². The van der Waals surface area contributed by atoms with Crippen molar-refractivity contribution in [2.75, 3.05) is 7.11 Å². The lowest BCUT2D eigenvalue weighted by Gasteiger charge is -2.01. The lowest BCUT2D eigenvalue weighted by atomic mass is 10.1. The lowest BCUT2D eigenvalue weighted by molar-refractivity contribution is 0.114. The molecule has 4 heteroatoms. The number of aromatic nitrogens is 1. The van der Waals surface area contributed by atoms with Gasteiger partial charge in [0.05, 0.1) is 7.11 Å². The van der Waals surface area contributed by atoms with E-state index < -0.39 is 6.16 Å². The van der Waals surface area contributed by atoms with Crippen LogP contribution in [0.25, 0.3) is 0 Å². The fraction of sp³-hybridized carbons (Fsp3) is 0.500. The molecule has 0 aliphatic carbocycles. The summed E-state index contributed by atoms with van der Waals surface area (Å²) < 4.78 is 3.67. The highest BCUT2D eigenvalue weighted by Crippen LogP contribution is 2.06. The molecule has 0 fully saturated rings. The van der Waals surface area contributed by atoms with Crippen molar-refractivity contribution in [2.24, 2.45) is 0 Å². The van der Waals surface area contributed by atoms with Crippen LogP contribution in [0.5, 0.6) is 0 Å². The summed E-state index contributed by atoms with van der Waals surface area (Å²) in [7, 11) is 1.10. The van der Waals surface area contributed by atoms with Gasteiger partial charge in [-0.3, -0.25) is 4.98 Å². The zero-order chi connectivity index (χ0) is 12.4. The van der Waals surface area contributed by atoms with Crippen LogP contribution in [0.3, 0.4) is 0 Å². The highest BCUT2D eigenvalue weighted by molar-refractivity contribution is 5.56. The summed E-state index contributed by atoms with van der Waals surface area (Å²) in [6.45, 7) is 4.33. The van der Waals surface area contributed by atoms with Crippen LogP contribution in [-0.4, -0.2) is 23.4 Å². The number of carbonyl (C=O) groups is 1. The Bertz CT molecular complexity index is 313.